The molecule has 2 heterocycles. The van der Waals surface area contributed by atoms with Crippen molar-refractivity contribution < 1.29 is 14.3 Å². The Morgan fingerprint density at radius 3 is 2.82 bits per heavy atom. The van der Waals surface area contributed by atoms with Gasteiger partial charge in [0.25, 0.3) is 5.91 Å². The van der Waals surface area contributed by atoms with Crippen molar-refractivity contribution >= 4 is 18.1 Å². The Kier molecular flexibility index (Phi) is 8.73. The highest BCUT2D eigenvalue weighted by Gasteiger charge is 2.22. The highest BCUT2D eigenvalue weighted by Crippen LogP contribution is 2.29. The minimum atomic E-state index is -0.357. The van der Waals surface area contributed by atoms with Gasteiger partial charge < -0.3 is 14.8 Å². The number of methoxy groups -OCH3 is 1. The minimum Gasteiger partial charge on any atom is -0.496 e. The molecular formula is C32H33N3O3. The monoisotopic (exact) mass is 507 g/mol. The number of amides is 1. The topological polar surface area (TPSA) is 84.2 Å². The molecular weight excluding hydrogens is 474 g/mol. The number of carbonyl (C=O) groups excluding carboxylic acids is 1. The molecule has 1 aliphatic rings. The normalized spacial score (nSPS) is 16.1. The second-order valence-corrected chi connectivity index (χ2v) is 9.29. The van der Waals surface area contributed by atoms with E-state index in [1.165, 1.54) is 0 Å². The molecule has 0 spiro atoms. The lowest BCUT2D eigenvalue weighted by Crippen LogP contribution is -2.30. The number of allylic oxidation sites excluding steroid dienone is 1. The van der Waals surface area contributed by atoms with Crippen LogP contribution in [0.2, 0.25) is 0 Å². The third-order valence-electron chi connectivity index (χ3n) is 6.62. The average Bonchev–Trinajstić information content (AvgIpc) is 2.95. The van der Waals surface area contributed by atoms with Crippen molar-refractivity contribution in [3.63, 3.8) is 0 Å². The van der Waals surface area contributed by atoms with E-state index >= 15 is 0 Å². The van der Waals surface area contributed by atoms with Crippen LogP contribution in [0, 0.1) is 18.3 Å². The second kappa shape index (κ2) is 12.4. The number of hydrogen-bond acceptors (Lipinski definition) is 5. The van der Waals surface area contributed by atoms with Gasteiger partial charge in [0, 0.05) is 17.7 Å². The molecule has 0 saturated carbocycles. The van der Waals surface area contributed by atoms with Crippen LogP contribution in [0.4, 0.5) is 0 Å². The van der Waals surface area contributed by atoms with Crippen molar-refractivity contribution in [3.05, 3.63) is 93.0 Å². The van der Waals surface area contributed by atoms with E-state index in [1.54, 1.807) is 13.2 Å². The summed E-state index contributed by atoms with van der Waals surface area (Å²) in [5.41, 5.74) is 6.20. The zero-order chi connectivity index (χ0) is 27.1. The molecule has 4 rings (SSSR count). The molecule has 1 amide bonds. The number of aromatic nitrogens is 1. The lowest BCUT2D eigenvalue weighted by Gasteiger charge is -2.21. The molecule has 2 aromatic carbocycles. The Morgan fingerprint density at radius 1 is 1.24 bits per heavy atom. The molecule has 6 heteroatoms. The number of rotatable bonds is 7. The number of ether oxygens (including phenoxy) is 2. The van der Waals surface area contributed by atoms with Gasteiger partial charge in [-0.25, -0.2) is 4.98 Å². The largest absolute Gasteiger partial charge is 0.496 e. The number of pyridine rings is 1. The summed E-state index contributed by atoms with van der Waals surface area (Å²) in [6.07, 6.45) is 6.97. The van der Waals surface area contributed by atoms with Gasteiger partial charge in [0.15, 0.2) is 0 Å². The van der Waals surface area contributed by atoms with Crippen molar-refractivity contribution in [1.29, 1.82) is 5.26 Å². The molecule has 0 saturated heterocycles. The van der Waals surface area contributed by atoms with Crippen LogP contribution < -0.4 is 20.6 Å². The molecule has 6 nitrogen and oxygen atoms in total. The van der Waals surface area contributed by atoms with Crippen LogP contribution in [0.15, 0.2) is 60.2 Å². The van der Waals surface area contributed by atoms with Gasteiger partial charge in [0.2, 0.25) is 0 Å². The summed E-state index contributed by atoms with van der Waals surface area (Å²) >= 11 is 0. The smallest absolute Gasteiger partial charge is 0.251 e. The average molecular weight is 508 g/mol. The lowest BCUT2D eigenvalue weighted by atomic mass is 9.92. The first kappa shape index (κ1) is 26.8. The lowest BCUT2D eigenvalue weighted by molar-refractivity contribution is 0.0952. The van der Waals surface area contributed by atoms with E-state index in [4.69, 9.17) is 14.5 Å². The standard InChI is InChI=1S/C32H33N3O3/c1-5-7-22(18-34-32(36)24-9-10-25-19-38-20-26(17-33)28(25)16-24)15-30-23(6-2)11-13-29(35-30)27-12-8-21(3)14-31(27)37-4/h6-16,26H,5,18-20H2,1-4H3,(H,34,36)/b22-7-,23-6-,30-15+. The maximum Gasteiger partial charge on any atom is 0.251 e. The Bertz CT molecular complexity index is 1530. The Morgan fingerprint density at radius 2 is 2.08 bits per heavy atom. The molecule has 1 aliphatic heterocycles. The molecule has 1 aromatic heterocycles. The summed E-state index contributed by atoms with van der Waals surface area (Å²) < 4.78 is 11.1. The fourth-order valence-corrected chi connectivity index (χ4v) is 4.59. The summed E-state index contributed by atoms with van der Waals surface area (Å²) in [6, 6.07) is 17.9. The molecule has 0 fully saturated rings. The van der Waals surface area contributed by atoms with Gasteiger partial charge in [-0.05, 0) is 84.2 Å². The van der Waals surface area contributed by atoms with E-state index in [-0.39, 0.29) is 11.8 Å². The second-order valence-electron chi connectivity index (χ2n) is 9.29. The molecule has 0 radical (unpaired) electrons. The van der Waals surface area contributed by atoms with E-state index in [1.807, 2.05) is 62.4 Å². The predicted octanol–water partition coefficient (Wildman–Crippen LogP) is 4.55. The van der Waals surface area contributed by atoms with Crippen molar-refractivity contribution in [2.45, 2.75) is 39.7 Å². The first-order valence-corrected chi connectivity index (χ1v) is 12.8. The quantitative estimate of drug-likeness (QED) is 0.507. The number of nitrogens with one attached hydrogen (secondary N) is 1. The van der Waals surface area contributed by atoms with Crippen LogP contribution in [-0.2, 0) is 11.3 Å². The van der Waals surface area contributed by atoms with Gasteiger partial charge in [-0.2, -0.15) is 5.26 Å². The van der Waals surface area contributed by atoms with Gasteiger partial charge in [-0.3, -0.25) is 4.79 Å². The number of benzene rings is 2. The van der Waals surface area contributed by atoms with E-state index in [0.717, 1.165) is 56.3 Å². The molecule has 1 N–H and O–H groups in total. The van der Waals surface area contributed by atoms with Gasteiger partial charge in [0.05, 0.1) is 43.4 Å². The SMILES string of the molecule is C/C=c1/ccc(-c2ccc(C)cc2OC)n/c1=C/C(=C/CC)CNC(=O)c1ccc2c(c1)C(C#N)COC2. The van der Waals surface area contributed by atoms with Crippen LogP contribution in [-0.4, -0.2) is 31.2 Å². The van der Waals surface area contributed by atoms with Crippen LogP contribution in [0.3, 0.4) is 0 Å². The number of carbonyl (C=O) groups is 1. The van der Waals surface area contributed by atoms with E-state index in [2.05, 4.69) is 30.5 Å². The Balaban J connectivity index is 1.61. The molecule has 1 unspecified atom stereocenters. The molecule has 1 atom stereocenters. The maximum atomic E-state index is 13.0. The number of aryl methyl sites for hydroxylation is 1. The van der Waals surface area contributed by atoms with Crippen LogP contribution >= 0.6 is 0 Å². The number of hydrogen-bond donors (Lipinski definition) is 1. The van der Waals surface area contributed by atoms with Crippen molar-refractivity contribution in [1.82, 2.24) is 10.3 Å². The summed E-state index contributed by atoms with van der Waals surface area (Å²) in [6.45, 7) is 7.26. The number of nitrogens with zero attached hydrogens (tertiary/aromatic N) is 2. The minimum absolute atomic E-state index is 0.181. The highest BCUT2D eigenvalue weighted by molar-refractivity contribution is 5.94. The van der Waals surface area contributed by atoms with E-state index in [9.17, 15) is 10.1 Å². The number of fused-ring (bicyclic) bond motifs is 1. The van der Waals surface area contributed by atoms with Gasteiger partial charge in [0.1, 0.15) is 5.75 Å². The fraction of sp³-hybridized carbons (Fsp3) is 0.281. The summed E-state index contributed by atoms with van der Waals surface area (Å²) in [5, 5.41) is 14.3. The third kappa shape index (κ3) is 6.01. The number of nitriles is 1. The van der Waals surface area contributed by atoms with Crippen LogP contribution in [0.5, 0.6) is 5.75 Å². The highest BCUT2D eigenvalue weighted by atomic mass is 16.5. The van der Waals surface area contributed by atoms with Crippen molar-refractivity contribution in [3.8, 4) is 23.1 Å². The molecule has 3 aromatic rings. The molecule has 38 heavy (non-hydrogen) atoms. The molecule has 0 aliphatic carbocycles. The predicted molar refractivity (Wildman–Crippen MR) is 150 cm³/mol. The first-order valence-electron chi connectivity index (χ1n) is 12.8. The molecule has 0 bridgehead atoms. The van der Waals surface area contributed by atoms with Crippen molar-refractivity contribution in [2.75, 3.05) is 20.3 Å². The maximum absolute atomic E-state index is 13.0. The van der Waals surface area contributed by atoms with Crippen LogP contribution in [0.25, 0.3) is 23.4 Å². The van der Waals surface area contributed by atoms with E-state index < -0.39 is 0 Å². The zero-order valence-electron chi connectivity index (χ0n) is 22.4. The Hall–Kier alpha value is -4.21. The van der Waals surface area contributed by atoms with Crippen LogP contribution in [0.1, 0.15) is 53.2 Å². The summed E-state index contributed by atoms with van der Waals surface area (Å²) in [5.74, 6) is 0.243. The third-order valence-corrected chi connectivity index (χ3v) is 6.62. The summed E-state index contributed by atoms with van der Waals surface area (Å²) in [4.78, 5) is 18.0. The van der Waals surface area contributed by atoms with Crippen molar-refractivity contribution in [2.24, 2.45) is 0 Å². The van der Waals surface area contributed by atoms with Gasteiger partial charge in [-0.1, -0.05) is 37.3 Å². The first-order chi connectivity index (χ1) is 18.5. The molecule has 194 valence electrons. The summed E-state index contributed by atoms with van der Waals surface area (Å²) in [7, 11) is 1.67. The van der Waals surface area contributed by atoms with Gasteiger partial charge in [-0.15, -0.1) is 0 Å². The Labute approximate surface area is 223 Å². The van der Waals surface area contributed by atoms with E-state index in [0.29, 0.717) is 25.3 Å². The zero-order valence-corrected chi connectivity index (χ0v) is 22.4. The fourth-order valence-electron chi connectivity index (χ4n) is 4.59. The van der Waals surface area contributed by atoms with Gasteiger partial charge >= 0.3 is 0 Å².